The number of nitriles is 1. The number of nitrogens with one attached hydrogen (secondary N) is 2. The molecule has 14 nitrogen and oxygen atoms in total. The lowest BCUT2D eigenvalue weighted by molar-refractivity contribution is -0.245. The van der Waals surface area contributed by atoms with Gasteiger partial charge in [0.25, 0.3) is 0 Å². The Hall–Kier alpha value is -3.30. The first kappa shape index (κ1) is 39.9. The second-order valence-corrected chi connectivity index (χ2v) is 15.9. The first-order chi connectivity index (χ1) is 24.8. The van der Waals surface area contributed by atoms with E-state index in [2.05, 4.69) is 49.5 Å². The average Bonchev–Trinajstić information content (AvgIpc) is 3.54. The molecular weight excluding hydrogens is 687 g/mol. The quantitative estimate of drug-likeness (QED) is 0.149. The summed E-state index contributed by atoms with van der Waals surface area (Å²) in [7, 11) is -0.242. The number of morpholine rings is 1. The number of hydrogen-bond acceptors (Lipinski definition) is 12. The molecule has 0 radical (unpaired) electrons. The molecule has 5 atom stereocenters. The second kappa shape index (κ2) is 18.2. The number of allylic oxidation sites excluding steroid dienone is 1. The summed E-state index contributed by atoms with van der Waals surface area (Å²) in [5.41, 5.74) is 1.37. The van der Waals surface area contributed by atoms with E-state index in [9.17, 15) is 19.7 Å². The number of hydrogen-bond donors (Lipinski definition) is 4. The minimum atomic E-state index is -1.74. The first-order valence-electron chi connectivity index (χ1n) is 17.8. The zero-order chi connectivity index (χ0) is 37.3. The van der Waals surface area contributed by atoms with Crippen LogP contribution in [0, 0.1) is 11.3 Å². The Morgan fingerprint density at radius 1 is 1.15 bits per heavy atom. The van der Waals surface area contributed by atoms with Crippen molar-refractivity contribution >= 4 is 33.5 Å². The minimum absolute atomic E-state index is 0.136. The van der Waals surface area contributed by atoms with Gasteiger partial charge in [0.05, 0.1) is 37.2 Å². The lowest BCUT2D eigenvalue weighted by Gasteiger charge is -2.36. The van der Waals surface area contributed by atoms with Gasteiger partial charge in [-0.2, -0.15) is 5.26 Å². The van der Waals surface area contributed by atoms with Gasteiger partial charge < -0.3 is 34.5 Å². The molecule has 4 N–H and O–H groups in total. The van der Waals surface area contributed by atoms with Crippen LogP contribution in [-0.4, -0.2) is 123 Å². The maximum Gasteiger partial charge on any atom is 0.160 e. The number of ether oxygens (including phenoxy) is 4. The molecule has 2 saturated heterocycles. The molecule has 2 aromatic carbocycles. The van der Waals surface area contributed by atoms with E-state index in [4.69, 9.17) is 18.9 Å². The van der Waals surface area contributed by atoms with Crippen molar-refractivity contribution in [1.82, 2.24) is 24.6 Å². The fourth-order valence-corrected chi connectivity index (χ4v) is 7.30. The predicted molar refractivity (Wildman–Crippen MR) is 199 cm³/mol. The normalized spacial score (nSPS) is 22.7. The van der Waals surface area contributed by atoms with Crippen LogP contribution >= 0.6 is 0 Å². The SMILES string of the molecule is CO[C@@H]1CC(O)[C@H](O)C(Cn2cc(CC(C)(C)OCCC(C)(C)NS(=O)/C(C#N)=C/c3ccc4cc(NCCN5CCOCC5)ccc4c3)nn2)O1. The molecular formula is C37H53N7O7S. The number of aliphatic hydroxyl groups excluding tert-OH is 2. The lowest BCUT2D eigenvalue weighted by Crippen LogP contribution is -2.50. The van der Waals surface area contributed by atoms with Gasteiger partial charge in [0.2, 0.25) is 0 Å². The van der Waals surface area contributed by atoms with Crippen molar-refractivity contribution in [3.63, 3.8) is 0 Å². The third-order valence-electron chi connectivity index (χ3n) is 9.28. The Kier molecular flexibility index (Phi) is 13.9. The number of benzene rings is 2. The first-order valence-corrected chi connectivity index (χ1v) is 18.9. The molecule has 0 bridgehead atoms. The topological polar surface area (TPSA) is 176 Å². The molecule has 15 heteroatoms. The summed E-state index contributed by atoms with van der Waals surface area (Å²) in [5.74, 6) is 0. The van der Waals surface area contributed by atoms with Gasteiger partial charge in [0.1, 0.15) is 34.2 Å². The number of methoxy groups -OCH3 is 1. The summed E-state index contributed by atoms with van der Waals surface area (Å²) in [4.78, 5) is 2.53. The van der Waals surface area contributed by atoms with Crippen molar-refractivity contribution in [2.24, 2.45) is 0 Å². The maximum absolute atomic E-state index is 13.3. The average molecular weight is 740 g/mol. The predicted octanol–water partition coefficient (Wildman–Crippen LogP) is 2.98. The van der Waals surface area contributed by atoms with E-state index in [1.807, 2.05) is 45.9 Å². The van der Waals surface area contributed by atoms with Gasteiger partial charge in [-0.15, -0.1) is 5.10 Å². The van der Waals surface area contributed by atoms with Gasteiger partial charge in [-0.25, -0.2) is 13.6 Å². The van der Waals surface area contributed by atoms with E-state index in [-0.39, 0.29) is 17.9 Å². The molecule has 0 spiro atoms. The molecule has 3 aromatic rings. The Morgan fingerprint density at radius 2 is 1.90 bits per heavy atom. The number of aromatic nitrogens is 3. The zero-order valence-corrected chi connectivity index (χ0v) is 31.6. The van der Waals surface area contributed by atoms with Crippen LogP contribution in [0.5, 0.6) is 0 Å². The highest BCUT2D eigenvalue weighted by Crippen LogP contribution is 2.25. The zero-order valence-electron chi connectivity index (χ0n) is 30.8. The number of anilines is 1. The van der Waals surface area contributed by atoms with Gasteiger partial charge >= 0.3 is 0 Å². The van der Waals surface area contributed by atoms with Crippen LogP contribution in [0.15, 0.2) is 47.5 Å². The smallest absolute Gasteiger partial charge is 0.160 e. The molecule has 1 aromatic heterocycles. The molecule has 0 amide bonds. The summed E-state index contributed by atoms with van der Waals surface area (Å²) < 4.78 is 40.6. The molecule has 284 valence electrons. The van der Waals surface area contributed by atoms with Crippen LogP contribution in [0.25, 0.3) is 16.8 Å². The molecule has 5 rings (SSSR count). The van der Waals surface area contributed by atoms with Gasteiger partial charge in [-0.3, -0.25) is 4.90 Å². The van der Waals surface area contributed by atoms with E-state index >= 15 is 0 Å². The van der Waals surface area contributed by atoms with Crippen LogP contribution in [0.1, 0.15) is 51.8 Å². The van der Waals surface area contributed by atoms with E-state index in [0.29, 0.717) is 25.1 Å². The number of aliphatic hydroxyl groups is 2. The highest BCUT2D eigenvalue weighted by atomic mass is 32.2. The van der Waals surface area contributed by atoms with Crippen LogP contribution < -0.4 is 10.0 Å². The van der Waals surface area contributed by atoms with Crippen molar-refractivity contribution < 1.29 is 33.4 Å². The van der Waals surface area contributed by atoms with Gasteiger partial charge in [-0.05, 0) is 74.7 Å². The van der Waals surface area contributed by atoms with Crippen molar-refractivity contribution in [2.75, 3.05) is 58.4 Å². The Bertz CT molecular complexity index is 1720. The molecule has 3 unspecified atom stereocenters. The summed E-state index contributed by atoms with van der Waals surface area (Å²) in [5, 5.41) is 44.5. The van der Waals surface area contributed by atoms with Gasteiger partial charge in [0.15, 0.2) is 6.29 Å². The Morgan fingerprint density at radius 3 is 2.65 bits per heavy atom. The van der Waals surface area contributed by atoms with Gasteiger partial charge in [-0.1, -0.05) is 23.4 Å². The van der Waals surface area contributed by atoms with Crippen LogP contribution in [0.4, 0.5) is 5.69 Å². The van der Waals surface area contributed by atoms with Crippen molar-refractivity contribution in [3.05, 3.63) is 58.8 Å². The van der Waals surface area contributed by atoms with Crippen LogP contribution in [0.2, 0.25) is 0 Å². The molecule has 2 fully saturated rings. The fourth-order valence-electron chi connectivity index (χ4n) is 6.26. The summed E-state index contributed by atoms with van der Waals surface area (Å²) >= 11 is 0. The van der Waals surface area contributed by atoms with E-state index in [0.717, 1.165) is 61.4 Å². The third kappa shape index (κ3) is 11.6. The minimum Gasteiger partial charge on any atom is -0.390 e. The number of nitrogens with zero attached hydrogens (tertiary/aromatic N) is 5. The lowest BCUT2D eigenvalue weighted by atomic mass is 10.0. The number of fused-ring (bicyclic) bond motifs is 1. The molecule has 2 aliphatic heterocycles. The number of rotatable bonds is 17. The largest absolute Gasteiger partial charge is 0.390 e. The summed E-state index contributed by atoms with van der Waals surface area (Å²) in [6.07, 6.45) is 1.34. The van der Waals surface area contributed by atoms with E-state index in [1.165, 1.54) is 7.11 Å². The maximum atomic E-state index is 13.3. The van der Waals surface area contributed by atoms with Gasteiger partial charge in [0, 0.05) is 70.2 Å². The van der Waals surface area contributed by atoms with Crippen LogP contribution in [0.3, 0.4) is 0 Å². The van der Waals surface area contributed by atoms with E-state index in [1.54, 1.807) is 17.0 Å². The summed E-state index contributed by atoms with van der Waals surface area (Å²) in [6, 6.07) is 14.3. The Labute approximate surface area is 308 Å². The highest BCUT2D eigenvalue weighted by Gasteiger charge is 2.37. The van der Waals surface area contributed by atoms with Crippen molar-refractivity contribution in [1.29, 1.82) is 5.26 Å². The van der Waals surface area contributed by atoms with Crippen LogP contribution in [-0.2, 0) is 42.9 Å². The van der Waals surface area contributed by atoms with E-state index < -0.39 is 46.7 Å². The standard InChI is InChI=1S/C37H53N7O7S/c1-36(2,10-15-50-37(3,4)22-30-24-44(42-40-30)25-33-35(46)32(45)21-34(48-5)51-33)41-52(47)31(23-38)19-26-6-7-28-20-29(9-8-27(28)18-26)39-11-12-43-13-16-49-17-14-43/h6-9,18-20,24,32-35,39,41,45-46H,10-17,21-22,25H2,1-5H3/b31-19+/t32?,33?,34-,35-,52?/m0/s1. The molecule has 52 heavy (non-hydrogen) atoms. The Balaban J connectivity index is 1.09. The fraction of sp³-hybridized carbons (Fsp3) is 0.595. The third-order valence-corrected chi connectivity index (χ3v) is 10.6. The second-order valence-electron chi connectivity index (χ2n) is 14.7. The van der Waals surface area contributed by atoms with Crippen molar-refractivity contribution in [2.45, 2.75) is 89.2 Å². The highest BCUT2D eigenvalue weighted by molar-refractivity contribution is 7.87. The molecule has 0 aliphatic carbocycles. The monoisotopic (exact) mass is 739 g/mol. The summed E-state index contributed by atoms with van der Waals surface area (Å²) in [6.45, 7) is 13.7. The van der Waals surface area contributed by atoms with Crippen molar-refractivity contribution in [3.8, 4) is 6.07 Å². The molecule has 2 aliphatic rings. The molecule has 3 heterocycles. The molecule has 0 saturated carbocycles.